The van der Waals surface area contributed by atoms with Crippen molar-refractivity contribution in [2.45, 2.75) is 31.8 Å². The Hall–Kier alpha value is -0.390. The van der Waals surface area contributed by atoms with Crippen LogP contribution in [0.5, 0.6) is 0 Å². The van der Waals surface area contributed by atoms with Crippen LogP contribution in [0.15, 0.2) is 15.9 Å². The second-order valence-electron chi connectivity index (χ2n) is 3.93. The Balaban J connectivity index is 1.78. The monoisotopic (exact) mass is 302 g/mol. The Morgan fingerprint density at radius 1 is 1.56 bits per heavy atom. The lowest BCUT2D eigenvalue weighted by Gasteiger charge is -2.22. The smallest absolute Gasteiger partial charge is 0.237 e. The summed E-state index contributed by atoms with van der Waals surface area (Å²) < 4.78 is 1.10. The van der Waals surface area contributed by atoms with E-state index in [0.29, 0.717) is 6.54 Å². The average molecular weight is 303 g/mol. The molecular weight excluding hydrogens is 288 g/mol. The van der Waals surface area contributed by atoms with E-state index in [1.54, 1.807) is 11.3 Å². The SMILES string of the molecule is O=C(NCc1ccc(Br)s1)[C@H]1CCCCN1. The Bertz CT molecular complexity index is 361. The summed E-state index contributed by atoms with van der Waals surface area (Å²) in [5.74, 6) is 0.129. The van der Waals surface area contributed by atoms with E-state index in [9.17, 15) is 4.79 Å². The van der Waals surface area contributed by atoms with E-state index in [-0.39, 0.29) is 11.9 Å². The maximum Gasteiger partial charge on any atom is 0.237 e. The molecule has 5 heteroatoms. The van der Waals surface area contributed by atoms with E-state index in [4.69, 9.17) is 0 Å². The van der Waals surface area contributed by atoms with E-state index < -0.39 is 0 Å². The maximum absolute atomic E-state index is 11.8. The number of piperidine rings is 1. The fourth-order valence-electron chi connectivity index (χ4n) is 1.82. The number of thiophene rings is 1. The summed E-state index contributed by atoms with van der Waals surface area (Å²) in [4.78, 5) is 13.0. The van der Waals surface area contributed by atoms with Gasteiger partial charge in [0.05, 0.1) is 16.4 Å². The summed E-state index contributed by atoms with van der Waals surface area (Å²) >= 11 is 5.07. The Kier molecular flexibility index (Phi) is 4.37. The molecule has 0 aliphatic carbocycles. The highest BCUT2D eigenvalue weighted by Gasteiger charge is 2.19. The molecule has 2 heterocycles. The molecule has 1 aliphatic heterocycles. The van der Waals surface area contributed by atoms with E-state index >= 15 is 0 Å². The predicted molar refractivity (Wildman–Crippen MR) is 69.5 cm³/mol. The van der Waals surface area contributed by atoms with Gasteiger partial charge in [-0.15, -0.1) is 11.3 Å². The molecule has 1 aliphatic rings. The molecule has 2 N–H and O–H groups in total. The van der Waals surface area contributed by atoms with Crippen molar-refractivity contribution in [3.63, 3.8) is 0 Å². The lowest BCUT2D eigenvalue weighted by Crippen LogP contribution is -2.46. The van der Waals surface area contributed by atoms with Gasteiger partial charge in [0.2, 0.25) is 5.91 Å². The van der Waals surface area contributed by atoms with Gasteiger partial charge in [-0.1, -0.05) is 6.42 Å². The molecule has 0 bridgehead atoms. The van der Waals surface area contributed by atoms with Crippen LogP contribution in [-0.4, -0.2) is 18.5 Å². The third-order valence-electron chi connectivity index (χ3n) is 2.69. The maximum atomic E-state index is 11.8. The summed E-state index contributed by atoms with van der Waals surface area (Å²) in [6.45, 7) is 1.59. The normalized spacial score (nSPS) is 20.7. The lowest BCUT2D eigenvalue weighted by molar-refractivity contribution is -0.123. The zero-order valence-electron chi connectivity index (χ0n) is 8.96. The van der Waals surface area contributed by atoms with Crippen molar-refractivity contribution in [2.75, 3.05) is 6.54 Å². The predicted octanol–water partition coefficient (Wildman–Crippen LogP) is 2.27. The van der Waals surface area contributed by atoms with Gasteiger partial charge in [-0.25, -0.2) is 0 Å². The summed E-state index contributed by atoms with van der Waals surface area (Å²) in [5, 5.41) is 6.21. The van der Waals surface area contributed by atoms with Crippen molar-refractivity contribution in [1.82, 2.24) is 10.6 Å². The van der Waals surface area contributed by atoms with E-state index in [2.05, 4.69) is 26.6 Å². The highest BCUT2D eigenvalue weighted by Crippen LogP contribution is 2.21. The van der Waals surface area contributed by atoms with Gasteiger partial charge < -0.3 is 10.6 Å². The molecule has 3 nitrogen and oxygen atoms in total. The molecule has 0 saturated carbocycles. The van der Waals surface area contributed by atoms with Crippen LogP contribution >= 0.6 is 27.3 Å². The van der Waals surface area contributed by atoms with Crippen LogP contribution in [0, 0.1) is 0 Å². The first-order chi connectivity index (χ1) is 7.75. The number of carbonyl (C=O) groups is 1. The Labute approximate surface area is 108 Å². The minimum Gasteiger partial charge on any atom is -0.350 e. The molecule has 1 aromatic rings. The number of amides is 1. The molecule has 1 atom stereocenters. The molecule has 1 aromatic heterocycles. The van der Waals surface area contributed by atoms with Gasteiger partial charge in [-0.2, -0.15) is 0 Å². The van der Waals surface area contributed by atoms with Gasteiger partial charge >= 0.3 is 0 Å². The van der Waals surface area contributed by atoms with Crippen LogP contribution in [0.1, 0.15) is 24.1 Å². The van der Waals surface area contributed by atoms with Gasteiger partial charge in [0, 0.05) is 4.88 Å². The average Bonchev–Trinajstić information content (AvgIpc) is 2.73. The van der Waals surface area contributed by atoms with E-state index in [1.807, 2.05) is 12.1 Å². The zero-order valence-corrected chi connectivity index (χ0v) is 11.4. The van der Waals surface area contributed by atoms with Crippen LogP contribution in [0.25, 0.3) is 0 Å². The van der Waals surface area contributed by atoms with Gasteiger partial charge in [-0.05, 0) is 47.4 Å². The second kappa shape index (κ2) is 5.80. The molecule has 1 fully saturated rings. The summed E-state index contributed by atoms with van der Waals surface area (Å²) in [5.41, 5.74) is 0. The number of carbonyl (C=O) groups excluding carboxylic acids is 1. The topological polar surface area (TPSA) is 41.1 Å². The highest BCUT2D eigenvalue weighted by atomic mass is 79.9. The van der Waals surface area contributed by atoms with Crippen molar-refractivity contribution in [3.8, 4) is 0 Å². The number of hydrogen-bond donors (Lipinski definition) is 2. The summed E-state index contributed by atoms with van der Waals surface area (Å²) in [6, 6.07) is 4.05. The molecule has 1 amide bonds. The van der Waals surface area contributed by atoms with Crippen molar-refractivity contribution in [2.24, 2.45) is 0 Å². The summed E-state index contributed by atoms with van der Waals surface area (Å²) in [7, 11) is 0. The van der Waals surface area contributed by atoms with Gasteiger partial charge in [0.25, 0.3) is 0 Å². The minimum absolute atomic E-state index is 0.0113. The fourth-order valence-corrected chi connectivity index (χ4v) is 3.24. The molecule has 1 saturated heterocycles. The van der Waals surface area contributed by atoms with Crippen molar-refractivity contribution < 1.29 is 4.79 Å². The van der Waals surface area contributed by atoms with Crippen molar-refractivity contribution in [3.05, 3.63) is 20.8 Å². The molecule has 0 aromatic carbocycles. The van der Waals surface area contributed by atoms with E-state index in [1.165, 1.54) is 11.3 Å². The second-order valence-corrected chi connectivity index (χ2v) is 6.47. The number of hydrogen-bond acceptors (Lipinski definition) is 3. The van der Waals surface area contributed by atoms with Crippen LogP contribution in [-0.2, 0) is 11.3 Å². The van der Waals surface area contributed by atoms with Gasteiger partial charge in [0.1, 0.15) is 0 Å². The van der Waals surface area contributed by atoms with Crippen LogP contribution < -0.4 is 10.6 Å². The molecule has 88 valence electrons. The quantitative estimate of drug-likeness (QED) is 0.899. The Morgan fingerprint density at radius 3 is 3.06 bits per heavy atom. The first-order valence-corrected chi connectivity index (χ1v) is 7.12. The van der Waals surface area contributed by atoms with Crippen molar-refractivity contribution >= 4 is 33.2 Å². The highest BCUT2D eigenvalue weighted by molar-refractivity contribution is 9.11. The zero-order chi connectivity index (χ0) is 11.4. The molecule has 0 unspecified atom stereocenters. The largest absolute Gasteiger partial charge is 0.350 e. The first kappa shape index (κ1) is 12.1. The van der Waals surface area contributed by atoms with Gasteiger partial charge in [-0.3, -0.25) is 4.79 Å². The fraction of sp³-hybridized carbons (Fsp3) is 0.545. The van der Waals surface area contributed by atoms with Gasteiger partial charge in [0.15, 0.2) is 0 Å². The van der Waals surface area contributed by atoms with Crippen LogP contribution in [0.3, 0.4) is 0 Å². The van der Waals surface area contributed by atoms with Crippen LogP contribution in [0.2, 0.25) is 0 Å². The third-order valence-corrected chi connectivity index (χ3v) is 4.32. The summed E-state index contributed by atoms with van der Waals surface area (Å²) in [6.07, 6.45) is 3.29. The first-order valence-electron chi connectivity index (χ1n) is 5.51. The van der Waals surface area contributed by atoms with Crippen molar-refractivity contribution in [1.29, 1.82) is 0 Å². The Morgan fingerprint density at radius 2 is 2.44 bits per heavy atom. The molecular formula is C11H15BrN2OS. The van der Waals surface area contributed by atoms with Crippen LogP contribution in [0.4, 0.5) is 0 Å². The molecule has 0 radical (unpaired) electrons. The molecule has 2 rings (SSSR count). The molecule has 0 spiro atoms. The number of rotatable bonds is 3. The van der Waals surface area contributed by atoms with E-state index in [0.717, 1.165) is 23.2 Å². The minimum atomic E-state index is 0.0113. The molecule has 16 heavy (non-hydrogen) atoms. The standard InChI is InChI=1S/C11H15BrN2OS/c12-10-5-4-8(16-10)7-14-11(15)9-3-1-2-6-13-9/h4-5,9,13H,1-3,6-7H2,(H,14,15)/t9-/m1/s1. The number of halogens is 1. The lowest BCUT2D eigenvalue weighted by atomic mass is 10.0. The number of nitrogens with one attached hydrogen (secondary N) is 2. The third kappa shape index (κ3) is 3.30.